The van der Waals surface area contributed by atoms with E-state index in [0.717, 1.165) is 0 Å². The molecule has 208 valence electrons. The average molecular weight is 580 g/mol. The summed E-state index contributed by atoms with van der Waals surface area (Å²) in [5.41, 5.74) is -21.1. The zero-order chi connectivity index (χ0) is 28.9. The second-order valence-electron chi connectivity index (χ2n) is 6.57. The van der Waals surface area contributed by atoms with E-state index in [0.29, 0.717) is 0 Å². The Labute approximate surface area is 181 Å². The van der Waals surface area contributed by atoms with Crippen molar-refractivity contribution >= 4 is 0 Å². The van der Waals surface area contributed by atoms with Crippen LogP contribution in [0.5, 0.6) is 0 Å². The van der Waals surface area contributed by atoms with Crippen LogP contribution in [-0.2, 0) is 28.7 Å². The average Bonchev–Trinajstić information content (AvgIpc) is 3.05. The van der Waals surface area contributed by atoms with Crippen molar-refractivity contribution in [1.29, 1.82) is 0 Å². The van der Waals surface area contributed by atoms with Gasteiger partial charge in [0, 0.05) is 0 Å². The summed E-state index contributed by atoms with van der Waals surface area (Å²) in [5, 5.41) is 0. The Morgan fingerprint density at radius 1 is 0.500 bits per heavy atom. The maximum atomic E-state index is 14.3. The largest absolute Gasteiger partial charge is 0.453 e. The molecule has 0 saturated heterocycles. The first-order chi connectivity index (χ1) is 15.4. The minimum Gasteiger partial charge on any atom is -0.453 e. The third-order valence-electron chi connectivity index (χ3n) is 4.31. The molecule has 1 unspecified atom stereocenters. The molecule has 0 radical (unpaired) electrons. The highest BCUT2D eigenvalue weighted by atomic mass is 19.4. The molecule has 0 bridgehead atoms. The molecule has 36 heavy (non-hydrogen) atoms. The van der Waals surface area contributed by atoms with Crippen molar-refractivity contribution in [2.45, 2.75) is 48.6 Å². The second kappa shape index (κ2) is 7.48. The Kier molecular flexibility index (Phi) is 6.16. The molecule has 2 rings (SSSR count). The summed E-state index contributed by atoms with van der Waals surface area (Å²) in [6, 6.07) is 0. The number of allylic oxidation sites excluding steroid dienone is 1. The van der Waals surface area contributed by atoms with E-state index in [1.807, 2.05) is 0 Å². The van der Waals surface area contributed by atoms with Gasteiger partial charge in [0.1, 0.15) is 22.5 Å². The van der Waals surface area contributed by atoms with Crippen molar-refractivity contribution < 1.29 is 97.0 Å². The zero-order valence-electron chi connectivity index (χ0n) is 15.4. The van der Waals surface area contributed by atoms with Crippen LogP contribution in [0.1, 0.15) is 22.6 Å². The summed E-state index contributed by atoms with van der Waals surface area (Å²) >= 11 is 0. The number of halogens is 20. The lowest BCUT2D eigenvalue weighted by atomic mass is 9.74. The number of alkyl halides is 20. The first-order valence-corrected chi connectivity index (χ1v) is 7.85. The normalized spacial score (nSPS) is 22.3. The van der Waals surface area contributed by atoms with Gasteiger partial charge in [0.05, 0.1) is 0 Å². The molecule has 2 nitrogen and oxygen atoms in total. The maximum Gasteiger partial charge on any atom is 0.450 e. The van der Waals surface area contributed by atoms with Gasteiger partial charge in [-0.05, 0) is 0 Å². The predicted molar refractivity (Wildman–Crippen MR) is 66.6 cm³/mol. The van der Waals surface area contributed by atoms with E-state index in [2.05, 4.69) is 9.15 Å². The van der Waals surface area contributed by atoms with Gasteiger partial charge in [-0.3, -0.25) is 0 Å². The minimum atomic E-state index is -7.88. The van der Waals surface area contributed by atoms with E-state index >= 15 is 0 Å². The van der Waals surface area contributed by atoms with E-state index in [4.69, 9.17) is 0 Å². The van der Waals surface area contributed by atoms with E-state index < -0.39 is 82.6 Å². The van der Waals surface area contributed by atoms with Gasteiger partial charge in [-0.15, -0.1) is 0 Å². The summed E-state index contributed by atoms with van der Waals surface area (Å²) in [6.45, 7) is 0. The van der Waals surface area contributed by atoms with Crippen LogP contribution in [0.15, 0.2) is 15.7 Å². The molecule has 1 atom stereocenters. The second-order valence-corrected chi connectivity index (χ2v) is 6.57. The van der Waals surface area contributed by atoms with E-state index in [-0.39, 0.29) is 0 Å². The van der Waals surface area contributed by atoms with Crippen LogP contribution in [0.3, 0.4) is 0 Å². The summed E-state index contributed by atoms with van der Waals surface area (Å²) in [6.07, 6.45) is -51.1. The quantitative estimate of drug-likeness (QED) is 0.313. The minimum absolute atomic E-state index is 2.33. The predicted octanol–water partition coefficient (Wildman–Crippen LogP) is 8.14. The molecular formula is C14F20O2. The monoisotopic (exact) mass is 580 g/mol. The molecule has 0 amide bonds. The Morgan fingerprint density at radius 2 is 0.917 bits per heavy atom. The van der Waals surface area contributed by atoms with Crippen LogP contribution in [0.25, 0.3) is 0 Å². The van der Waals surface area contributed by atoms with E-state index in [9.17, 15) is 87.8 Å². The molecule has 0 saturated carbocycles. The van der Waals surface area contributed by atoms with Crippen molar-refractivity contribution in [2.75, 3.05) is 0 Å². The molecule has 1 aromatic rings. The van der Waals surface area contributed by atoms with Crippen molar-refractivity contribution in [1.82, 2.24) is 0 Å². The number of hydrogen-bond donors (Lipinski definition) is 0. The molecule has 2 heterocycles. The van der Waals surface area contributed by atoms with Gasteiger partial charge in [-0.25, -0.2) is 0 Å². The van der Waals surface area contributed by atoms with Crippen molar-refractivity contribution in [3.63, 3.8) is 0 Å². The first-order valence-electron chi connectivity index (χ1n) is 7.85. The Hall–Kier alpha value is -2.58. The molecule has 0 aliphatic carbocycles. The third-order valence-corrected chi connectivity index (χ3v) is 4.31. The van der Waals surface area contributed by atoms with Crippen molar-refractivity contribution in [3.8, 4) is 0 Å². The van der Waals surface area contributed by atoms with Crippen LogP contribution in [-0.4, -0.2) is 24.6 Å². The fourth-order valence-corrected chi connectivity index (χ4v) is 3.23. The molecule has 1 aromatic heterocycles. The number of furan rings is 1. The zero-order valence-corrected chi connectivity index (χ0v) is 15.4. The summed E-state index contributed by atoms with van der Waals surface area (Å²) in [5.74, 6) is -13.2. The van der Waals surface area contributed by atoms with Crippen LogP contribution in [0.2, 0.25) is 0 Å². The molecule has 0 spiro atoms. The first kappa shape index (κ1) is 29.6. The lowest BCUT2D eigenvalue weighted by molar-refractivity contribution is -0.329. The maximum absolute atomic E-state index is 14.3. The highest BCUT2D eigenvalue weighted by Gasteiger charge is 2.87. The lowest BCUT2D eigenvalue weighted by Crippen LogP contribution is -2.57. The molecule has 0 N–H and O–H groups in total. The van der Waals surface area contributed by atoms with Gasteiger partial charge in [-0.1, -0.05) is 0 Å². The fraction of sp³-hybridized carbons (Fsp3) is 0.571. The van der Waals surface area contributed by atoms with Gasteiger partial charge in [0.2, 0.25) is 11.5 Å². The fourth-order valence-electron chi connectivity index (χ4n) is 3.23. The molecular weight excluding hydrogens is 580 g/mol. The van der Waals surface area contributed by atoms with Gasteiger partial charge in [0.25, 0.3) is 5.41 Å². The molecule has 22 heteroatoms. The molecule has 1 aliphatic heterocycles. The van der Waals surface area contributed by atoms with Crippen LogP contribution < -0.4 is 0 Å². The van der Waals surface area contributed by atoms with Crippen LogP contribution in [0, 0.1) is 0 Å². The smallest absolute Gasteiger partial charge is 0.450 e. The Bertz CT molecular complexity index is 1050. The summed E-state index contributed by atoms with van der Waals surface area (Å²) < 4.78 is 272. The third kappa shape index (κ3) is 4.28. The van der Waals surface area contributed by atoms with Gasteiger partial charge >= 0.3 is 43.2 Å². The number of rotatable bonds is 1. The standard InChI is InChI=1S/C14F20O2/c15-8(16,17)1-2(9(18,19)20)5(11(24,25)26)35-4(1)7(13(30,31)32)3(10(21,22)23)6(12(27,28)29)36-14(7,33)34. The number of ether oxygens (including phenoxy) is 1. The highest BCUT2D eigenvalue weighted by Crippen LogP contribution is 2.68. The van der Waals surface area contributed by atoms with E-state index in [1.165, 1.54) is 0 Å². The van der Waals surface area contributed by atoms with Crippen molar-refractivity contribution in [2.24, 2.45) is 0 Å². The lowest BCUT2D eigenvalue weighted by Gasteiger charge is -2.36. The highest BCUT2D eigenvalue weighted by molar-refractivity contribution is 5.53. The molecule has 0 aromatic carbocycles. The Balaban J connectivity index is 3.44. The SMILES string of the molecule is FC(F)(F)C1=C(C(F)(F)F)C(c2oc(C(F)(F)F)c(C(F)(F)F)c2C(F)(F)F)(C(F)(F)F)C(F)(F)O1. The van der Waals surface area contributed by atoms with Gasteiger partial charge < -0.3 is 9.15 Å². The topological polar surface area (TPSA) is 22.4 Å². The summed E-state index contributed by atoms with van der Waals surface area (Å²) in [4.78, 5) is 0. The Morgan fingerprint density at radius 3 is 1.19 bits per heavy atom. The van der Waals surface area contributed by atoms with Gasteiger partial charge in [0.15, 0.2) is 0 Å². The molecule has 0 fully saturated rings. The van der Waals surface area contributed by atoms with Crippen molar-refractivity contribution in [3.05, 3.63) is 34.0 Å². The van der Waals surface area contributed by atoms with Crippen LogP contribution >= 0.6 is 0 Å². The molecule has 1 aliphatic rings. The van der Waals surface area contributed by atoms with E-state index in [1.54, 1.807) is 0 Å². The summed E-state index contributed by atoms with van der Waals surface area (Å²) in [7, 11) is 0. The van der Waals surface area contributed by atoms with Crippen LogP contribution in [0.4, 0.5) is 87.8 Å². The number of hydrogen-bond acceptors (Lipinski definition) is 2. The van der Waals surface area contributed by atoms with Gasteiger partial charge in [-0.2, -0.15) is 87.8 Å².